The van der Waals surface area contributed by atoms with Crippen LogP contribution in [0.15, 0.2) is 47.6 Å². The molecule has 0 atom stereocenters. The molecule has 0 spiro atoms. The summed E-state index contributed by atoms with van der Waals surface area (Å²) in [6.07, 6.45) is 1.71. The van der Waals surface area contributed by atoms with E-state index in [9.17, 15) is 4.79 Å². The number of anilines is 1. The van der Waals surface area contributed by atoms with Gasteiger partial charge in [-0.3, -0.25) is 4.79 Å². The molecule has 25 heavy (non-hydrogen) atoms. The number of hydrogen-bond donors (Lipinski definition) is 2. The fourth-order valence-electron chi connectivity index (χ4n) is 2.22. The van der Waals surface area contributed by atoms with Gasteiger partial charge in [-0.15, -0.1) is 0 Å². The normalized spacial score (nSPS) is 11.3. The number of hydrogen-bond acceptors (Lipinski definition) is 6. The molecule has 1 amide bonds. The zero-order chi connectivity index (χ0) is 17.8. The average Bonchev–Trinajstić information content (AvgIpc) is 2.95. The van der Waals surface area contributed by atoms with E-state index in [1.807, 2.05) is 38.1 Å². The summed E-state index contributed by atoms with van der Waals surface area (Å²) in [5.74, 6) is 0.512. The quantitative estimate of drug-likeness (QED) is 0.542. The largest absolute Gasteiger partial charge is 0.491 e. The van der Waals surface area contributed by atoms with Crippen molar-refractivity contribution in [3.8, 4) is 5.75 Å². The molecule has 1 heterocycles. The number of nitrogen functional groups attached to an aromatic ring is 1. The number of ether oxygens (including phenoxy) is 1. The Hall–Kier alpha value is -2.93. The molecule has 0 bridgehead atoms. The first-order valence-electron chi connectivity index (χ1n) is 7.77. The molecule has 3 rings (SSSR count). The zero-order valence-electron chi connectivity index (χ0n) is 13.9. The summed E-state index contributed by atoms with van der Waals surface area (Å²) >= 11 is 1.35. The smallest absolute Gasteiger partial charge is 0.271 e. The molecule has 0 saturated heterocycles. The lowest BCUT2D eigenvalue weighted by Crippen LogP contribution is -2.17. The second-order valence-corrected chi connectivity index (χ2v) is 6.73. The van der Waals surface area contributed by atoms with E-state index in [0.29, 0.717) is 10.7 Å². The van der Waals surface area contributed by atoms with Gasteiger partial charge in [0, 0.05) is 5.56 Å². The molecule has 6 nitrogen and oxygen atoms in total. The first-order chi connectivity index (χ1) is 12.0. The van der Waals surface area contributed by atoms with Gasteiger partial charge in [-0.2, -0.15) is 5.10 Å². The summed E-state index contributed by atoms with van der Waals surface area (Å²) in [6, 6.07) is 12.7. The summed E-state index contributed by atoms with van der Waals surface area (Å²) < 4.78 is 6.45. The first kappa shape index (κ1) is 16.9. The van der Waals surface area contributed by atoms with Crippen LogP contribution in [-0.4, -0.2) is 23.2 Å². The molecule has 0 aliphatic heterocycles. The van der Waals surface area contributed by atoms with Gasteiger partial charge in [0.05, 0.1) is 22.5 Å². The van der Waals surface area contributed by atoms with Crippen molar-refractivity contribution in [2.45, 2.75) is 20.0 Å². The molecular formula is C18H18N4O2S. The van der Waals surface area contributed by atoms with Crippen LogP contribution in [0.2, 0.25) is 0 Å². The van der Waals surface area contributed by atoms with E-state index in [2.05, 4.69) is 15.5 Å². The number of nitrogens with one attached hydrogen (secondary N) is 1. The number of amides is 1. The molecule has 7 heteroatoms. The number of benzene rings is 2. The van der Waals surface area contributed by atoms with Gasteiger partial charge in [-0.1, -0.05) is 11.3 Å². The van der Waals surface area contributed by atoms with Crippen LogP contribution in [-0.2, 0) is 0 Å². The second-order valence-electron chi connectivity index (χ2n) is 5.67. The van der Waals surface area contributed by atoms with Crippen molar-refractivity contribution in [2.75, 3.05) is 5.73 Å². The third-order valence-corrected chi connectivity index (χ3v) is 4.15. The van der Waals surface area contributed by atoms with Crippen LogP contribution >= 0.6 is 11.3 Å². The first-order valence-corrected chi connectivity index (χ1v) is 8.59. The van der Waals surface area contributed by atoms with E-state index in [-0.39, 0.29) is 12.0 Å². The third-order valence-electron chi connectivity index (χ3n) is 3.30. The standard InChI is InChI=1S/C18H18N4O2S/c1-11(2)24-14-6-3-12(4-7-14)10-20-22-17(23)13-5-8-15-16(9-13)25-18(19)21-15/h3-11H,1-2H3,(H2,19,21)(H,22,23)/b20-10-. The number of rotatable bonds is 5. The van der Waals surface area contributed by atoms with Gasteiger partial charge >= 0.3 is 0 Å². The molecule has 0 fully saturated rings. The maximum atomic E-state index is 12.2. The fourth-order valence-corrected chi connectivity index (χ4v) is 2.99. The van der Waals surface area contributed by atoms with E-state index in [1.54, 1.807) is 24.4 Å². The van der Waals surface area contributed by atoms with Gasteiger partial charge in [0.25, 0.3) is 5.91 Å². The Kier molecular flexibility index (Phi) is 4.95. The number of hydrazone groups is 1. The van der Waals surface area contributed by atoms with Crippen LogP contribution in [0.25, 0.3) is 10.2 Å². The van der Waals surface area contributed by atoms with Gasteiger partial charge in [-0.05, 0) is 61.9 Å². The van der Waals surface area contributed by atoms with E-state index in [0.717, 1.165) is 21.5 Å². The topological polar surface area (TPSA) is 89.6 Å². The minimum atomic E-state index is -0.287. The Morgan fingerprint density at radius 3 is 2.76 bits per heavy atom. The summed E-state index contributed by atoms with van der Waals surface area (Å²) in [5.41, 5.74) is 10.3. The number of carbonyl (C=O) groups is 1. The van der Waals surface area contributed by atoms with Crippen molar-refractivity contribution in [1.82, 2.24) is 10.4 Å². The van der Waals surface area contributed by atoms with Crippen molar-refractivity contribution < 1.29 is 9.53 Å². The molecule has 128 valence electrons. The van der Waals surface area contributed by atoms with Gasteiger partial charge in [0.2, 0.25) is 0 Å². The van der Waals surface area contributed by atoms with Gasteiger partial charge in [0.15, 0.2) is 5.13 Å². The highest BCUT2D eigenvalue weighted by molar-refractivity contribution is 7.22. The highest BCUT2D eigenvalue weighted by atomic mass is 32.1. The lowest BCUT2D eigenvalue weighted by molar-refractivity contribution is 0.0955. The van der Waals surface area contributed by atoms with Gasteiger partial charge in [-0.25, -0.2) is 10.4 Å². The van der Waals surface area contributed by atoms with Gasteiger partial charge in [0.1, 0.15) is 5.75 Å². The summed E-state index contributed by atoms with van der Waals surface area (Å²) in [7, 11) is 0. The number of fused-ring (bicyclic) bond motifs is 1. The molecule has 3 N–H and O–H groups in total. The summed E-state index contributed by atoms with van der Waals surface area (Å²) in [4.78, 5) is 16.3. The van der Waals surface area contributed by atoms with E-state index in [4.69, 9.17) is 10.5 Å². The van der Waals surface area contributed by atoms with Crippen LogP contribution in [0.1, 0.15) is 29.8 Å². The van der Waals surface area contributed by atoms with Crippen molar-refractivity contribution in [1.29, 1.82) is 0 Å². The van der Waals surface area contributed by atoms with Crippen molar-refractivity contribution in [3.05, 3.63) is 53.6 Å². The number of nitrogens with two attached hydrogens (primary N) is 1. The van der Waals surface area contributed by atoms with E-state index in [1.165, 1.54) is 11.3 Å². The second kappa shape index (κ2) is 7.31. The molecule has 0 radical (unpaired) electrons. The van der Waals surface area contributed by atoms with Crippen molar-refractivity contribution in [2.24, 2.45) is 5.10 Å². The van der Waals surface area contributed by atoms with E-state index < -0.39 is 0 Å². The molecule has 0 saturated carbocycles. The molecule has 2 aromatic carbocycles. The SMILES string of the molecule is CC(C)Oc1ccc(/C=N\NC(=O)c2ccc3nc(N)sc3c2)cc1. The van der Waals surface area contributed by atoms with Crippen molar-refractivity contribution >= 4 is 38.8 Å². The monoisotopic (exact) mass is 354 g/mol. The minimum Gasteiger partial charge on any atom is -0.491 e. The number of thiazole rings is 1. The van der Waals surface area contributed by atoms with Crippen molar-refractivity contribution in [3.63, 3.8) is 0 Å². The summed E-state index contributed by atoms with van der Waals surface area (Å²) in [6.45, 7) is 3.95. The Bertz CT molecular complexity index is 916. The molecule has 0 unspecified atom stereocenters. The highest BCUT2D eigenvalue weighted by Gasteiger charge is 2.08. The van der Waals surface area contributed by atoms with Gasteiger partial charge < -0.3 is 10.5 Å². The van der Waals surface area contributed by atoms with E-state index >= 15 is 0 Å². The van der Waals surface area contributed by atoms with Crippen LogP contribution in [0.3, 0.4) is 0 Å². The lowest BCUT2D eigenvalue weighted by Gasteiger charge is -2.09. The Morgan fingerprint density at radius 2 is 2.04 bits per heavy atom. The average molecular weight is 354 g/mol. The maximum absolute atomic E-state index is 12.2. The summed E-state index contributed by atoms with van der Waals surface area (Å²) in [5, 5.41) is 4.47. The molecule has 0 aliphatic rings. The number of carbonyl (C=O) groups excluding carboxylic acids is 1. The molecule has 0 aliphatic carbocycles. The third kappa shape index (κ3) is 4.33. The fraction of sp³-hybridized carbons (Fsp3) is 0.167. The number of nitrogens with zero attached hydrogens (tertiary/aromatic N) is 2. The lowest BCUT2D eigenvalue weighted by atomic mass is 10.2. The predicted molar refractivity (Wildman–Crippen MR) is 101 cm³/mol. The molecule has 3 aromatic rings. The highest BCUT2D eigenvalue weighted by Crippen LogP contribution is 2.24. The predicted octanol–water partition coefficient (Wildman–Crippen LogP) is 3.43. The number of aromatic nitrogens is 1. The Labute approximate surface area is 149 Å². The van der Waals surface area contributed by atoms with Crippen LogP contribution in [0, 0.1) is 0 Å². The van der Waals surface area contributed by atoms with Crippen LogP contribution in [0.4, 0.5) is 5.13 Å². The maximum Gasteiger partial charge on any atom is 0.271 e. The zero-order valence-corrected chi connectivity index (χ0v) is 14.7. The Morgan fingerprint density at radius 1 is 1.28 bits per heavy atom. The molecular weight excluding hydrogens is 336 g/mol. The molecule has 1 aromatic heterocycles. The Balaban J connectivity index is 1.63. The minimum absolute atomic E-state index is 0.130. The van der Waals surface area contributed by atoms with Crippen LogP contribution < -0.4 is 15.9 Å². The van der Waals surface area contributed by atoms with Crippen LogP contribution in [0.5, 0.6) is 5.75 Å².